The van der Waals surface area contributed by atoms with Crippen LogP contribution in [-0.2, 0) is 19.1 Å². The van der Waals surface area contributed by atoms with Crippen LogP contribution in [0, 0.1) is 46.3 Å². The molecule has 1 aliphatic heterocycles. The second-order valence-corrected chi connectivity index (χ2v) is 14.3. The van der Waals surface area contributed by atoms with Crippen LogP contribution < -0.4 is 0 Å². The lowest BCUT2D eigenvalue weighted by atomic mass is 9.43. The van der Waals surface area contributed by atoms with Crippen molar-refractivity contribution in [1.29, 1.82) is 0 Å². The molecule has 4 saturated carbocycles. The molecule has 5 aliphatic rings. The van der Waals surface area contributed by atoms with Crippen molar-refractivity contribution in [3.63, 3.8) is 0 Å². The SMILES string of the molecule is C[C@H](CCC(=O)O[C@@H]1O[C@H](C(=O)O)[C@@H](O)[C@H](O)[C@H]1O)[C@H]1CC[C@H]2[C@@H]3[C@H](O)C[C@@H]4C[C@H](O)CC[C@]4(C)[C@H]3C[C@H](O)[C@]12C. The summed E-state index contributed by atoms with van der Waals surface area (Å²) in [7, 11) is 0. The minimum absolute atomic E-state index is 0.00603. The number of hydrogen-bond acceptors (Lipinski definition) is 10. The number of carbonyl (C=O) groups excluding carboxylic acids is 1. The van der Waals surface area contributed by atoms with E-state index in [-0.39, 0.29) is 53.4 Å². The maximum atomic E-state index is 12.7. The van der Waals surface area contributed by atoms with Crippen LogP contribution in [0.5, 0.6) is 0 Å². The topological polar surface area (TPSA) is 194 Å². The zero-order valence-corrected chi connectivity index (χ0v) is 24.2. The molecule has 0 aromatic heterocycles. The van der Waals surface area contributed by atoms with Gasteiger partial charge in [-0.15, -0.1) is 0 Å². The molecule has 0 aromatic rings. The van der Waals surface area contributed by atoms with Gasteiger partial charge in [0.25, 0.3) is 0 Å². The molecule has 0 radical (unpaired) electrons. The average molecular weight is 585 g/mol. The van der Waals surface area contributed by atoms with Gasteiger partial charge in [0.05, 0.1) is 18.3 Å². The van der Waals surface area contributed by atoms with Gasteiger partial charge < -0.3 is 45.2 Å². The number of aliphatic hydroxyl groups is 6. The highest BCUT2D eigenvalue weighted by molar-refractivity contribution is 5.73. The van der Waals surface area contributed by atoms with Crippen LogP contribution in [0.4, 0.5) is 0 Å². The van der Waals surface area contributed by atoms with E-state index < -0.39 is 60.3 Å². The summed E-state index contributed by atoms with van der Waals surface area (Å²) in [6.45, 7) is 6.49. The van der Waals surface area contributed by atoms with Gasteiger partial charge in [0.15, 0.2) is 6.10 Å². The highest BCUT2D eigenvalue weighted by atomic mass is 16.7. The van der Waals surface area contributed by atoms with E-state index in [9.17, 15) is 45.3 Å². The van der Waals surface area contributed by atoms with Gasteiger partial charge in [0, 0.05) is 6.42 Å². The van der Waals surface area contributed by atoms with E-state index in [1.807, 2.05) is 6.92 Å². The summed E-state index contributed by atoms with van der Waals surface area (Å²) >= 11 is 0. The number of aliphatic carboxylic acids is 1. The molecule has 4 aliphatic carbocycles. The Morgan fingerprint density at radius 1 is 0.927 bits per heavy atom. The van der Waals surface area contributed by atoms with Gasteiger partial charge in [0.2, 0.25) is 6.29 Å². The van der Waals surface area contributed by atoms with Gasteiger partial charge in [-0.05, 0) is 97.7 Å². The van der Waals surface area contributed by atoms with Crippen molar-refractivity contribution in [1.82, 2.24) is 0 Å². The Kier molecular flexibility index (Phi) is 8.57. The molecule has 16 atom stereocenters. The van der Waals surface area contributed by atoms with Crippen LogP contribution in [0.1, 0.15) is 78.6 Å². The minimum atomic E-state index is -1.86. The predicted octanol–water partition coefficient (Wildman–Crippen LogP) is 0.800. The fourth-order valence-electron chi connectivity index (χ4n) is 10.0. The van der Waals surface area contributed by atoms with Gasteiger partial charge in [-0.3, -0.25) is 4.79 Å². The lowest BCUT2D eigenvalue weighted by Crippen LogP contribution is -2.62. The van der Waals surface area contributed by atoms with Gasteiger partial charge >= 0.3 is 11.9 Å². The molecule has 5 rings (SSSR count). The number of carboxylic acids is 1. The van der Waals surface area contributed by atoms with Gasteiger partial charge in [0.1, 0.15) is 18.3 Å². The molecule has 5 fully saturated rings. The van der Waals surface area contributed by atoms with Crippen LogP contribution in [0.3, 0.4) is 0 Å². The second kappa shape index (κ2) is 11.3. The molecule has 0 unspecified atom stereocenters. The largest absolute Gasteiger partial charge is 0.479 e. The number of aliphatic hydroxyl groups excluding tert-OH is 6. The molecule has 11 heteroatoms. The Bertz CT molecular complexity index is 991. The third-order valence-corrected chi connectivity index (χ3v) is 12.4. The molecule has 1 heterocycles. The molecule has 234 valence electrons. The Balaban J connectivity index is 1.23. The first-order valence-electron chi connectivity index (χ1n) is 15.4. The van der Waals surface area contributed by atoms with Crippen LogP contribution >= 0.6 is 0 Å². The monoisotopic (exact) mass is 584 g/mol. The van der Waals surface area contributed by atoms with E-state index in [1.165, 1.54) is 0 Å². The van der Waals surface area contributed by atoms with E-state index in [1.54, 1.807) is 0 Å². The fourth-order valence-corrected chi connectivity index (χ4v) is 10.0. The predicted molar refractivity (Wildman–Crippen MR) is 143 cm³/mol. The Hall–Kier alpha value is -1.34. The van der Waals surface area contributed by atoms with Crippen LogP contribution in [0.2, 0.25) is 0 Å². The zero-order valence-electron chi connectivity index (χ0n) is 24.2. The third-order valence-electron chi connectivity index (χ3n) is 12.4. The van der Waals surface area contributed by atoms with Crippen LogP contribution in [0.25, 0.3) is 0 Å². The summed E-state index contributed by atoms with van der Waals surface area (Å²) in [6, 6.07) is 0. The first kappa shape index (κ1) is 31.1. The summed E-state index contributed by atoms with van der Waals surface area (Å²) in [4.78, 5) is 24.0. The van der Waals surface area contributed by atoms with E-state index in [4.69, 9.17) is 9.47 Å². The molecule has 1 saturated heterocycles. The first-order chi connectivity index (χ1) is 19.2. The van der Waals surface area contributed by atoms with E-state index >= 15 is 0 Å². The van der Waals surface area contributed by atoms with Crippen LogP contribution in [-0.4, -0.2) is 96.7 Å². The highest BCUT2D eigenvalue weighted by Crippen LogP contribution is 2.68. The van der Waals surface area contributed by atoms with Crippen molar-refractivity contribution < 1.29 is 54.8 Å². The molecule has 0 amide bonds. The number of fused-ring (bicyclic) bond motifs is 5. The molecular weight excluding hydrogens is 536 g/mol. The number of hydrogen-bond donors (Lipinski definition) is 7. The molecule has 41 heavy (non-hydrogen) atoms. The fraction of sp³-hybridized carbons (Fsp3) is 0.933. The summed E-state index contributed by atoms with van der Waals surface area (Å²) in [5.74, 6) is -1.42. The van der Waals surface area contributed by atoms with Crippen molar-refractivity contribution in [3.05, 3.63) is 0 Å². The number of carbonyl (C=O) groups is 2. The van der Waals surface area contributed by atoms with E-state index in [2.05, 4.69) is 13.8 Å². The molecule has 0 bridgehead atoms. The van der Waals surface area contributed by atoms with Gasteiger partial charge in [-0.25, -0.2) is 4.79 Å². The summed E-state index contributed by atoms with van der Waals surface area (Å²) in [6.07, 6.45) is -4.53. The minimum Gasteiger partial charge on any atom is -0.479 e. The molecule has 11 nitrogen and oxygen atoms in total. The Labute approximate surface area is 240 Å². The van der Waals surface area contributed by atoms with Crippen molar-refractivity contribution in [2.75, 3.05) is 0 Å². The molecule has 7 N–H and O–H groups in total. The molecule has 0 aromatic carbocycles. The van der Waals surface area contributed by atoms with Gasteiger partial charge in [-0.1, -0.05) is 20.8 Å². The average Bonchev–Trinajstić information content (AvgIpc) is 3.27. The standard InChI is InChI=1S/C30H48O11/c1-13(4-7-21(34)40-28-25(37)23(35)24(36)26(41-28)27(38)39)16-5-6-17-22-18(12-20(33)30(16,17)3)29(2)9-8-15(31)10-14(29)11-19(22)32/h13-20,22-26,28,31-33,35-37H,4-12H2,1-3H3,(H,38,39)/t13-,14+,15-,16-,17+,18+,19-,20+,22+,23+,24+,25-,26+,28-,29+,30-/m1/s1. The van der Waals surface area contributed by atoms with Crippen molar-refractivity contribution in [2.24, 2.45) is 46.3 Å². The Morgan fingerprint density at radius 3 is 2.32 bits per heavy atom. The summed E-state index contributed by atoms with van der Waals surface area (Å²) in [5, 5.41) is 72.6. The molecule has 0 spiro atoms. The quantitative estimate of drug-likeness (QED) is 0.218. The zero-order chi connectivity index (χ0) is 30.0. The maximum Gasteiger partial charge on any atom is 0.335 e. The van der Waals surface area contributed by atoms with Gasteiger partial charge in [-0.2, -0.15) is 0 Å². The van der Waals surface area contributed by atoms with Crippen molar-refractivity contribution in [2.45, 2.75) is 128 Å². The van der Waals surface area contributed by atoms with Crippen molar-refractivity contribution in [3.8, 4) is 0 Å². The highest BCUT2D eigenvalue weighted by Gasteiger charge is 2.65. The number of carboxylic acid groups (broad SMARTS) is 1. The lowest BCUT2D eigenvalue weighted by molar-refractivity contribution is -0.286. The number of ether oxygens (including phenoxy) is 2. The number of rotatable bonds is 6. The first-order valence-corrected chi connectivity index (χ1v) is 15.4. The van der Waals surface area contributed by atoms with E-state index in [0.29, 0.717) is 25.7 Å². The third kappa shape index (κ3) is 5.13. The smallest absolute Gasteiger partial charge is 0.335 e. The Morgan fingerprint density at radius 2 is 1.63 bits per heavy atom. The summed E-state index contributed by atoms with van der Waals surface area (Å²) in [5.41, 5.74) is -0.422. The second-order valence-electron chi connectivity index (χ2n) is 14.3. The van der Waals surface area contributed by atoms with E-state index in [0.717, 1.165) is 25.7 Å². The number of esters is 1. The molecular formula is C30H48O11. The van der Waals surface area contributed by atoms with Crippen molar-refractivity contribution >= 4 is 11.9 Å². The maximum absolute atomic E-state index is 12.7. The van der Waals surface area contributed by atoms with Crippen LogP contribution in [0.15, 0.2) is 0 Å². The normalized spacial score (nSPS) is 52.1. The summed E-state index contributed by atoms with van der Waals surface area (Å²) < 4.78 is 10.2. The lowest BCUT2D eigenvalue weighted by Gasteiger charge is -2.63.